The molecule has 22 heavy (non-hydrogen) atoms. The second kappa shape index (κ2) is 7.57. The van der Waals surface area contributed by atoms with Crippen molar-refractivity contribution >= 4 is 33.5 Å². The molecule has 1 rings (SSSR count). The lowest BCUT2D eigenvalue weighted by atomic mass is 10.2. The van der Waals surface area contributed by atoms with Crippen LogP contribution in [0.3, 0.4) is 0 Å². The molecule has 0 fully saturated rings. The minimum atomic E-state index is -3.95. The molecule has 0 atom stereocenters. The number of amides is 1. The van der Waals surface area contributed by atoms with E-state index in [0.29, 0.717) is 0 Å². The molecule has 1 aromatic carbocycles. The summed E-state index contributed by atoms with van der Waals surface area (Å²) in [4.78, 5) is 22.6. The molecule has 0 aromatic heterocycles. The van der Waals surface area contributed by atoms with Gasteiger partial charge in [-0.2, -0.15) is 4.31 Å². The maximum absolute atomic E-state index is 12.5. The lowest BCUT2D eigenvalue weighted by Crippen LogP contribution is -2.39. The molecule has 0 bridgehead atoms. The average molecular weight is 349 g/mol. The van der Waals surface area contributed by atoms with Crippen molar-refractivity contribution < 1.29 is 22.7 Å². The van der Waals surface area contributed by atoms with Gasteiger partial charge in [-0.1, -0.05) is 18.5 Å². The summed E-state index contributed by atoms with van der Waals surface area (Å²) < 4.78 is 30.6. The zero-order valence-corrected chi connectivity index (χ0v) is 14.0. The Kier molecular flexibility index (Phi) is 6.34. The van der Waals surface area contributed by atoms with Crippen molar-refractivity contribution in [3.63, 3.8) is 0 Å². The number of hydrogen-bond donors (Lipinski definition) is 1. The zero-order chi connectivity index (χ0) is 16.9. The summed E-state index contributed by atoms with van der Waals surface area (Å²) >= 11 is 5.97. The SMILES string of the molecule is CCN(CC(=O)NC)S(=O)(=O)c1ccc(C(=O)OC)cc1Cl. The minimum Gasteiger partial charge on any atom is -0.465 e. The third-order valence-electron chi connectivity index (χ3n) is 2.92. The quantitative estimate of drug-likeness (QED) is 0.770. The Morgan fingerprint density at radius 2 is 2.00 bits per heavy atom. The number of carbonyl (C=O) groups is 2. The number of nitrogens with one attached hydrogen (secondary N) is 1. The molecule has 0 heterocycles. The maximum Gasteiger partial charge on any atom is 0.337 e. The van der Waals surface area contributed by atoms with Gasteiger partial charge < -0.3 is 10.1 Å². The molecule has 0 aliphatic heterocycles. The van der Waals surface area contributed by atoms with Crippen LogP contribution in [0.25, 0.3) is 0 Å². The summed E-state index contributed by atoms with van der Waals surface area (Å²) in [5.74, 6) is -1.06. The van der Waals surface area contributed by atoms with Gasteiger partial charge in [-0.3, -0.25) is 4.79 Å². The number of nitrogens with zero attached hydrogens (tertiary/aromatic N) is 1. The van der Waals surface area contributed by atoms with Crippen molar-refractivity contribution in [3.05, 3.63) is 28.8 Å². The van der Waals surface area contributed by atoms with Crippen LogP contribution in [0.1, 0.15) is 17.3 Å². The highest BCUT2D eigenvalue weighted by molar-refractivity contribution is 7.89. The van der Waals surface area contributed by atoms with Gasteiger partial charge in [-0.05, 0) is 18.2 Å². The predicted molar refractivity (Wildman–Crippen MR) is 81.3 cm³/mol. The van der Waals surface area contributed by atoms with Gasteiger partial charge in [0, 0.05) is 13.6 Å². The van der Waals surface area contributed by atoms with Crippen LogP contribution in [0.5, 0.6) is 0 Å². The second-order valence-electron chi connectivity index (χ2n) is 4.24. The fraction of sp³-hybridized carbons (Fsp3) is 0.385. The zero-order valence-electron chi connectivity index (χ0n) is 12.4. The fourth-order valence-corrected chi connectivity index (χ4v) is 3.62. The smallest absolute Gasteiger partial charge is 0.337 e. The number of hydrogen-bond acceptors (Lipinski definition) is 5. The molecule has 0 saturated carbocycles. The van der Waals surface area contributed by atoms with Crippen LogP contribution in [0.15, 0.2) is 23.1 Å². The van der Waals surface area contributed by atoms with E-state index in [2.05, 4.69) is 10.1 Å². The highest BCUT2D eigenvalue weighted by Crippen LogP contribution is 2.26. The maximum atomic E-state index is 12.5. The van der Waals surface area contributed by atoms with Gasteiger partial charge in [0.15, 0.2) is 0 Å². The number of rotatable bonds is 6. The summed E-state index contributed by atoms with van der Waals surface area (Å²) in [5, 5.41) is 2.25. The third kappa shape index (κ3) is 3.96. The van der Waals surface area contributed by atoms with Crippen molar-refractivity contribution in [2.75, 3.05) is 27.2 Å². The number of carbonyl (C=O) groups excluding carboxylic acids is 2. The summed E-state index contributed by atoms with van der Waals surface area (Å²) in [5.41, 5.74) is 0.140. The van der Waals surface area contributed by atoms with Gasteiger partial charge in [0.2, 0.25) is 15.9 Å². The van der Waals surface area contributed by atoms with Crippen molar-refractivity contribution in [1.29, 1.82) is 0 Å². The number of benzene rings is 1. The molecule has 0 saturated heterocycles. The number of methoxy groups -OCH3 is 1. The van der Waals surface area contributed by atoms with E-state index in [-0.39, 0.29) is 28.6 Å². The minimum absolute atomic E-state index is 0.102. The van der Waals surface area contributed by atoms with E-state index in [1.165, 1.54) is 32.4 Å². The van der Waals surface area contributed by atoms with Crippen LogP contribution in [0.2, 0.25) is 5.02 Å². The monoisotopic (exact) mass is 348 g/mol. The van der Waals surface area contributed by atoms with Crippen molar-refractivity contribution in [1.82, 2.24) is 9.62 Å². The predicted octanol–water partition coefficient (Wildman–Crippen LogP) is 0.883. The highest BCUT2D eigenvalue weighted by Gasteiger charge is 2.27. The lowest BCUT2D eigenvalue weighted by Gasteiger charge is -2.20. The van der Waals surface area contributed by atoms with Crippen molar-refractivity contribution in [2.24, 2.45) is 0 Å². The van der Waals surface area contributed by atoms with E-state index < -0.39 is 21.9 Å². The molecule has 122 valence electrons. The van der Waals surface area contributed by atoms with Gasteiger partial charge in [0.05, 0.1) is 24.2 Å². The summed E-state index contributed by atoms with van der Waals surface area (Å²) in [6, 6.07) is 3.74. The van der Waals surface area contributed by atoms with Crippen LogP contribution >= 0.6 is 11.6 Å². The average Bonchev–Trinajstić information content (AvgIpc) is 2.50. The van der Waals surface area contributed by atoms with Gasteiger partial charge in [-0.15, -0.1) is 0 Å². The first-order chi connectivity index (χ1) is 10.3. The van der Waals surface area contributed by atoms with Crippen molar-refractivity contribution in [2.45, 2.75) is 11.8 Å². The molecule has 1 aromatic rings. The van der Waals surface area contributed by atoms with Crippen LogP contribution in [0.4, 0.5) is 0 Å². The number of likely N-dealkylation sites (N-methyl/N-ethyl adjacent to an activating group) is 2. The van der Waals surface area contributed by atoms with E-state index in [9.17, 15) is 18.0 Å². The molecule has 1 amide bonds. The first-order valence-corrected chi connectivity index (χ1v) is 8.18. The first-order valence-electron chi connectivity index (χ1n) is 6.36. The molecule has 9 heteroatoms. The molecule has 0 spiro atoms. The molecule has 0 aliphatic carbocycles. The Bertz CT molecular complexity index is 675. The Morgan fingerprint density at radius 3 is 2.45 bits per heavy atom. The van der Waals surface area contributed by atoms with Gasteiger partial charge in [-0.25, -0.2) is 13.2 Å². The topological polar surface area (TPSA) is 92.8 Å². The van der Waals surface area contributed by atoms with E-state index in [0.717, 1.165) is 4.31 Å². The normalized spacial score (nSPS) is 11.3. The second-order valence-corrected chi connectivity index (χ2v) is 6.55. The third-order valence-corrected chi connectivity index (χ3v) is 5.33. The number of esters is 1. The van der Waals surface area contributed by atoms with Gasteiger partial charge in [0.25, 0.3) is 0 Å². The standard InChI is InChI=1S/C13H17ClN2O5S/c1-4-16(8-12(17)15-2)22(19,20)11-6-5-9(7-10(11)14)13(18)21-3/h5-7H,4,8H2,1-3H3,(H,15,17). The van der Waals surface area contributed by atoms with E-state index in [4.69, 9.17) is 11.6 Å². The summed E-state index contributed by atoms with van der Waals surface area (Å²) in [7, 11) is -1.32. The number of halogens is 1. The lowest BCUT2D eigenvalue weighted by molar-refractivity contribution is -0.120. The highest BCUT2D eigenvalue weighted by atomic mass is 35.5. The molecule has 0 unspecified atom stereocenters. The van der Waals surface area contributed by atoms with Crippen molar-refractivity contribution in [3.8, 4) is 0 Å². The number of ether oxygens (including phenoxy) is 1. The first kappa shape index (κ1) is 18.4. The van der Waals surface area contributed by atoms with Gasteiger partial charge >= 0.3 is 5.97 Å². The number of sulfonamides is 1. The molecule has 0 radical (unpaired) electrons. The van der Waals surface area contributed by atoms with Crippen LogP contribution in [0, 0.1) is 0 Å². The molecule has 1 N–H and O–H groups in total. The van der Waals surface area contributed by atoms with E-state index in [1.807, 2.05) is 0 Å². The van der Waals surface area contributed by atoms with Crippen LogP contribution < -0.4 is 5.32 Å². The Hall–Kier alpha value is -1.64. The summed E-state index contributed by atoms with van der Waals surface area (Å²) in [6.45, 7) is 1.40. The molecule has 7 nitrogen and oxygen atoms in total. The summed E-state index contributed by atoms with van der Waals surface area (Å²) in [6.07, 6.45) is 0. The molecule has 0 aliphatic rings. The Morgan fingerprint density at radius 1 is 1.36 bits per heavy atom. The Balaban J connectivity index is 3.21. The molecular weight excluding hydrogens is 332 g/mol. The largest absolute Gasteiger partial charge is 0.465 e. The van der Waals surface area contributed by atoms with Crippen LogP contribution in [-0.2, 0) is 19.6 Å². The van der Waals surface area contributed by atoms with Gasteiger partial charge in [0.1, 0.15) is 4.90 Å². The Labute approximate surface area is 134 Å². The van der Waals surface area contributed by atoms with E-state index in [1.54, 1.807) is 6.92 Å². The molecular formula is C13H17ClN2O5S. The van der Waals surface area contributed by atoms with E-state index >= 15 is 0 Å². The fourth-order valence-electron chi connectivity index (χ4n) is 1.70. The van der Waals surface area contributed by atoms with Crippen LogP contribution in [-0.4, -0.2) is 51.8 Å².